The zero-order valence-electron chi connectivity index (χ0n) is 10.6. The van der Waals surface area contributed by atoms with E-state index in [-0.39, 0.29) is 7.12 Å². The predicted octanol–water partition coefficient (Wildman–Crippen LogP) is 2.05. The van der Waals surface area contributed by atoms with Crippen LogP contribution in [0, 0.1) is 27.7 Å². The van der Waals surface area contributed by atoms with Gasteiger partial charge in [-0.3, -0.25) is 0 Å². The van der Waals surface area contributed by atoms with Crippen molar-refractivity contribution in [3.8, 4) is 0 Å². The summed E-state index contributed by atoms with van der Waals surface area (Å²) in [5.41, 5.74) is 6.47. The van der Waals surface area contributed by atoms with Crippen LogP contribution in [0.4, 0.5) is 0 Å². The lowest BCUT2D eigenvalue weighted by molar-refractivity contribution is 0.143. The Balaban J connectivity index is 2.45. The van der Waals surface area contributed by atoms with Gasteiger partial charge in [-0.2, -0.15) is 0 Å². The van der Waals surface area contributed by atoms with Gasteiger partial charge < -0.3 is 9.31 Å². The zero-order valence-corrected chi connectivity index (χ0v) is 10.6. The maximum absolute atomic E-state index is 5.71. The van der Waals surface area contributed by atoms with Crippen molar-refractivity contribution in [3.05, 3.63) is 28.3 Å². The molecule has 0 amide bonds. The van der Waals surface area contributed by atoms with Crippen LogP contribution in [0.2, 0.25) is 0 Å². The minimum Gasteiger partial charge on any atom is -0.407 e. The zero-order chi connectivity index (χ0) is 11.7. The summed E-state index contributed by atoms with van der Waals surface area (Å²) in [4.78, 5) is 0. The predicted molar refractivity (Wildman–Crippen MR) is 67.3 cm³/mol. The maximum atomic E-state index is 5.71. The Morgan fingerprint density at radius 1 is 0.938 bits per heavy atom. The molecule has 0 aliphatic carbocycles. The Hall–Kier alpha value is -0.795. The average Bonchev–Trinajstić information content (AvgIpc) is 2.28. The molecule has 0 aromatic heterocycles. The highest BCUT2D eigenvalue weighted by Crippen LogP contribution is 2.15. The summed E-state index contributed by atoms with van der Waals surface area (Å²) in [5, 5.41) is 0. The molecule has 86 valence electrons. The topological polar surface area (TPSA) is 18.5 Å². The summed E-state index contributed by atoms with van der Waals surface area (Å²) in [6, 6.07) is 2.23. The Labute approximate surface area is 98.1 Å². The summed E-state index contributed by atoms with van der Waals surface area (Å²) in [7, 11) is -0.160. The second-order valence-electron chi connectivity index (χ2n) is 4.60. The lowest BCUT2D eigenvalue weighted by Crippen LogP contribution is -2.44. The Morgan fingerprint density at radius 2 is 1.44 bits per heavy atom. The fraction of sp³-hybridized carbons (Fsp3) is 0.538. The van der Waals surface area contributed by atoms with Gasteiger partial charge in [0.05, 0.1) is 0 Å². The summed E-state index contributed by atoms with van der Waals surface area (Å²) >= 11 is 0. The minimum atomic E-state index is -0.160. The normalized spacial score (nSPS) is 16.6. The molecule has 16 heavy (non-hydrogen) atoms. The average molecular weight is 218 g/mol. The first-order valence-electron chi connectivity index (χ1n) is 5.91. The highest BCUT2D eigenvalue weighted by atomic mass is 16.6. The van der Waals surface area contributed by atoms with E-state index in [2.05, 4.69) is 33.8 Å². The summed E-state index contributed by atoms with van der Waals surface area (Å²) in [6.45, 7) is 10.2. The van der Waals surface area contributed by atoms with Crippen molar-refractivity contribution in [1.29, 1.82) is 0 Å². The molecule has 1 heterocycles. The van der Waals surface area contributed by atoms with Crippen LogP contribution in [0.25, 0.3) is 0 Å². The molecule has 1 saturated heterocycles. The summed E-state index contributed by atoms with van der Waals surface area (Å²) in [5.74, 6) is 0. The molecule has 0 unspecified atom stereocenters. The second-order valence-corrected chi connectivity index (χ2v) is 4.60. The van der Waals surface area contributed by atoms with Gasteiger partial charge in [0, 0.05) is 13.2 Å². The lowest BCUT2D eigenvalue weighted by atomic mass is 9.70. The minimum absolute atomic E-state index is 0.160. The molecule has 1 aromatic carbocycles. The van der Waals surface area contributed by atoms with Crippen molar-refractivity contribution < 1.29 is 9.31 Å². The molecule has 0 saturated carbocycles. The first-order chi connectivity index (χ1) is 7.61. The van der Waals surface area contributed by atoms with Gasteiger partial charge in [0.1, 0.15) is 0 Å². The van der Waals surface area contributed by atoms with Crippen molar-refractivity contribution in [2.24, 2.45) is 0 Å². The third-order valence-electron chi connectivity index (χ3n) is 3.49. The Bertz CT molecular complexity index is 369. The third-order valence-corrected chi connectivity index (χ3v) is 3.49. The molecule has 1 fully saturated rings. The van der Waals surface area contributed by atoms with E-state index in [0.717, 1.165) is 19.6 Å². The quantitative estimate of drug-likeness (QED) is 0.671. The van der Waals surface area contributed by atoms with Gasteiger partial charge in [-0.25, -0.2) is 0 Å². The molecule has 2 nitrogen and oxygen atoms in total. The smallest absolute Gasteiger partial charge is 0.407 e. The molecular formula is C13H19BO2. The van der Waals surface area contributed by atoms with Crippen LogP contribution in [-0.4, -0.2) is 20.3 Å². The second kappa shape index (κ2) is 4.60. The van der Waals surface area contributed by atoms with Crippen LogP contribution in [0.1, 0.15) is 28.7 Å². The number of hydrogen-bond acceptors (Lipinski definition) is 2. The monoisotopic (exact) mass is 218 g/mol. The van der Waals surface area contributed by atoms with Crippen molar-refractivity contribution in [1.82, 2.24) is 0 Å². The molecule has 1 aliphatic rings. The van der Waals surface area contributed by atoms with Crippen molar-refractivity contribution in [2.75, 3.05) is 13.2 Å². The van der Waals surface area contributed by atoms with Crippen LogP contribution in [0.15, 0.2) is 6.07 Å². The Morgan fingerprint density at radius 3 is 1.94 bits per heavy atom. The van der Waals surface area contributed by atoms with Gasteiger partial charge >= 0.3 is 7.12 Å². The van der Waals surface area contributed by atoms with Gasteiger partial charge in [-0.1, -0.05) is 6.07 Å². The van der Waals surface area contributed by atoms with E-state index in [1.165, 1.54) is 27.7 Å². The van der Waals surface area contributed by atoms with Gasteiger partial charge in [0.25, 0.3) is 0 Å². The number of rotatable bonds is 1. The summed E-state index contributed by atoms with van der Waals surface area (Å²) in [6.07, 6.45) is 0.999. The SMILES string of the molecule is Cc1cc(C)c(C)c(B2OCCCO2)c1C. The van der Waals surface area contributed by atoms with E-state index in [1.54, 1.807) is 0 Å². The first-order valence-corrected chi connectivity index (χ1v) is 5.91. The molecule has 0 atom stereocenters. The van der Waals surface area contributed by atoms with Crippen LogP contribution >= 0.6 is 0 Å². The van der Waals surface area contributed by atoms with E-state index >= 15 is 0 Å². The van der Waals surface area contributed by atoms with Gasteiger partial charge in [-0.15, -0.1) is 0 Å². The maximum Gasteiger partial charge on any atom is 0.494 e. The number of hydrogen-bond donors (Lipinski definition) is 0. The number of benzene rings is 1. The van der Waals surface area contributed by atoms with Crippen LogP contribution in [0.5, 0.6) is 0 Å². The first kappa shape index (κ1) is 11.7. The van der Waals surface area contributed by atoms with E-state index in [1.807, 2.05) is 0 Å². The largest absolute Gasteiger partial charge is 0.494 e. The van der Waals surface area contributed by atoms with Gasteiger partial charge in [0.15, 0.2) is 0 Å². The molecule has 2 rings (SSSR count). The van der Waals surface area contributed by atoms with Crippen LogP contribution in [0.3, 0.4) is 0 Å². The molecule has 0 spiro atoms. The Kier molecular flexibility index (Phi) is 3.36. The fourth-order valence-electron chi connectivity index (χ4n) is 2.26. The van der Waals surface area contributed by atoms with Crippen molar-refractivity contribution in [3.63, 3.8) is 0 Å². The molecular weight excluding hydrogens is 199 g/mol. The fourth-order valence-corrected chi connectivity index (χ4v) is 2.26. The van der Waals surface area contributed by atoms with E-state index < -0.39 is 0 Å². The van der Waals surface area contributed by atoms with Crippen LogP contribution in [-0.2, 0) is 9.31 Å². The van der Waals surface area contributed by atoms with E-state index in [9.17, 15) is 0 Å². The van der Waals surface area contributed by atoms with Gasteiger partial charge in [0.2, 0.25) is 0 Å². The van der Waals surface area contributed by atoms with E-state index in [0.29, 0.717) is 0 Å². The molecule has 0 N–H and O–H groups in total. The number of aryl methyl sites for hydroxylation is 2. The van der Waals surface area contributed by atoms with Crippen molar-refractivity contribution >= 4 is 12.6 Å². The highest BCUT2D eigenvalue weighted by molar-refractivity contribution is 6.62. The molecule has 0 bridgehead atoms. The molecule has 3 heteroatoms. The standard InChI is InChI=1S/C13H19BO2/c1-9-8-10(2)12(4)13(11(9)3)14-15-6-5-7-16-14/h8H,5-7H2,1-4H3. The van der Waals surface area contributed by atoms with E-state index in [4.69, 9.17) is 9.31 Å². The van der Waals surface area contributed by atoms with Gasteiger partial charge in [-0.05, 0) is 61.8 Å². The van der Waals surface area contributed by atoms with Crippen LogP contribution < -0.4 is 5.46 Å². The lowest BCUT2D eigenvalue weighted by Gasteiger charge is -2.24. The van der Waals surface area contributed by atoms with Crippen molar-refractivity contribution in [2.45, 2.75) is 34.1 Å². The molecule has 1 aromatic rings. The molecule has 1 aliphatic heterocycles. The third kappa shape index (κ3) is 2.02. The highest BCUT2D eigenvalue weighted by Gasteiger charge is 2.28. The summed E-state index contributed by atoms with van der Waals surface area (Å²) < 4.78 is 11.4. The molecule has 0 radical (unpaired) electrons.